The monoisotopic (exact) mass is 266 g/mol. The van der Waals surface area contributed by atoms with Gasteiger partial charge in [-0.3, -0.25) is 0 Å². The second-order valence-electron chi connectivity index (χ2n) is 3.93. The third-order valence-corrected chi connectivity index (χ3v) is 3.09. The lowest BCUT2D eigenvalue weighted by atomic mass is 10.1. The van der Waals surface area contributed by atoms with Crippen molar-refractivity contribution in [2.24, 2.45) is 7.05 Å². The Hall–Kier alpha value is -1.52. The van der Waals surface area contributed by atoms with Crippen LogP contribution in [0.5, 0.6) is 5.75 Å². The number of hydrogen-bond acceptors (Lipinski definition) is 3. The summed E-state index contributed by atoms with van der Waals surface area (Å²) in [6.45, 7) is 0.459. The van der Waals surface area contributed by atoms with Crippen LogP contribution in [0.4, 0.5) is 0 Å². The van der Waals surface area contributed by atoms with Gasteiger partial charge in [-0.05, 0) is 18.1 Å². The maximum Gasteiger partial charge on any atom is 0.147 e. The van der Waals surface area contributed by atoms with E-state index >= 15 is 0 Å². The highest BCUT2D eigenvalue weighted by Crippen LogP contribution is 2.20. The Kier molecular flexibility index (Phi) is 4.23. The highest BCUT2D eigenvalue weighted by Gasteiger charge is 2.07. The smallest absolute Gasteiger partial charge is 0.147 e. The molecule has 0 radical (unpaired) electrons. The molecule has 0 saturated heterocycles. The third-order valence-electron chi connectivity index (χ3n) is 2.74. The van der Waals surface area contributed by atoms with Crippen molar-refractivity contribution in [1.82, 2.24) is 9.55 Å². The number of hydrogen-bond donors (Lipinski definition) is 1. The van der Waals surface area contributed by atoms with Crippen molar-refractivity contribution >= 4 is 11.6 Å². The molecule has 4 nitrogen and oxygen atoms in total. The Morgan fingerprint density at radius 1 is 1.39 bits per heavy atom. The number of aliphatic hydroxyl groups is 1. The topological polar surface area (TPSA) is 47.3 Å². The maximum absolute atomic E-state index is 8.99. The van der Waals surface area contributed by atoms with Crippen LogP contribution in [0.25, 0.3) is 0 Å². The van der Waals surface area contributed by atoms with Crippen LogP contribution in [0, 0.1) is 0 Å². The van der Waals surface area contributed by atoms with Crippen LogP contribution < -0.4 is 4.74 Å². The van der Waals surface area contributed by atoms with Crippen LogP contribution in [-0.4, -0.2) is 21.3 Å². The zero-order valence-corrected chi connectivity index (χ0v) is 10.9. The lowest BCUT2D eigenvalue weighted by Gasteiger charge is -2.10. The van der Waals surface area contributed by atoms with Gasteiger partial charge in [0.1, 0.15) is 23.3 Å². The van der Waals surface area contributed by atoms with Gasteiger partial charge in [0.05, 0.1) is 6.20 Å². The van der Waals surface area contributed by atoms with Gasteiger partial charge < -0.3 is 14.4 Å². The molecule has 1 N–H and O–H groups in total. The molecule has 1 aromatic heterocycles. The van der Waals surface area contributed by atoms with Crippen LogP contribution in [0.15, 0.2) is 30.5 Å². The van der Waals surface area contributed by atoms with Crippen molar-refractivity contribution in [3.63, 3.8) is 0 Å². The highest BCUT2D eigenvalue weighted by molar-refractivity contribution is 6.29. The van der Waals surface area contributed by atoms with Crippen LogP contribution in [-0.2, 0) is 20.1 Å². The van der Waals surface area contributed by atoms with Gasteiger partial charge in [-0.1, -0.05) is 29.8 Å². The minimum Gasteiger partial charge on any atom is -0.485 e. The standard InChI is InChI=1S/C13H15ClN2O2/c1-16-12(14)8-15-13(16)9-18-11-5-3-2-4-10(11)6-7-17/h2-5,8,17H,6-7,9H2,1H3. The first-order valence-corrected chi connectivity index (χ1v) is 6.08. The average molecular weight is 267 g/mol. The molecule has 5 heteroatoms. The largest absolute Gasteiger partial charge is 0.485 e. The summed E-state index contributed by atoms with van der Waals surface area (Å²) < 4.78 is 7.49. The van der Waals surface area contributed by atoms with E-state index in [-0.39, 0.29) is 6.61 Å². The van der Waals surface area contributed by atoms with E-state index in [2.05, 4.69) is 4.98 Å². The molecule has 1 aromatic carbocycles. The molecule has 0 aliphatic carbocycles. The molecule has 0 spiro atoms. The van der Waals surface area contributed by atoms with Crippen LogP contribution in [0.3, 0.4) is 0 Å². The Bertz CT molecular complexity index is 525. The summed E-state index contributed by atoms with van der Waals surface area (Å²) in [5.74, 6) is 1.53. The highest BCUT2D eigenvalue weighted by atomic mass is 35.5. The summed E-state index contributed by atoms with van der Waals surface area (Å²) in [4.78, 5) is 4.16. The van der Waals surface area contributed by atoms with Crippen LogP contribution in [0.1, 0.15) is 11.4 Å². The Labute approximate surface area is 111 Å². The average Bonchev–Trinajstić information content (AvgIpc) is 2.70. The van der Waals surface area contributed by atoms with Gasteiger partial charge in [0, 0.05) is 13.7 Å². The maximum atomic E-state index is 8.99. The molecule has 0 saturated carbocycles. The summed E-state index contributed by atoms with van der Waals surface area (Å²) in [5, 5.41) is 9.57. The summed E-state index contributed by atoms with van der Waals surface area (Å²) >= 11 is 5.90. The summed E-state index contributed by atoms with van der Waals surface area (Å²) in [5.41, 5.74) is 0.986. The van der Waals surface area contributed by atoms with Crippen LogP contribution >= 0.6 is 11.6 Å². The number of aliphatic hydroxyl groups excluding tert-OH is 1. The lowest BCUT2D eigenvalue weighted by molar-refractivity contribution is 0.277. The minimum atomic E-state index is 0.106. The number of para-hydroxylation sites is 1. The fourth-order valence-corrected chi connectivity index (χ4v) is 1.82. The van der Waals surface area contributed by atoms with Crippen molar-refractivity contribution < 1.29 is 9.84 Å². The quantitative estimate of drug-likeness (QED) is 0.902. The van der Waals surface area contributed by atoms with Gasteiger partial charge in [-0.25, -0.2) is 4.98 Å². The lowest BCUT2D eigenvalue weighted by Crippen LogP contribution is -2.05. The fourth-order valence-electron chi connectivity index (χ4n) is 1.67. The first-order chi connectivity index (χ1) is 8.72. The number of benzene rings is 1. The number of rotatable bonds is 5. The molecule has 18 heavy (non-hydrogen) atoms. The minimum absolute atomic E-state index is 0.106. The molecular formula is C13H15ClN2O2. The molecule has 1 heterocycles. The van der Waals surface area contributed by atoms with Crippen molar-refractivity contribution in [2.45, 2.75) is 13.0 Å². The second-order valence-corrected chi connectivity index (χ2v) is 4.31. The van der Waals surface area contributed by atoms with Gasteiger partial charge in [-0.15, -0.1) is 0 Å². The van der Waals surface area contributed by atoms with Crippen molar-refractivity contribution in [2.75, 3.05) is 6.61 Å². The van der Waals surface area contributed by atoms with E-state index in [0.717, 1.165) is 17.1 Å². The van der Waals surface area contributed by atoms with E-state index in [4.69, 9.17) is 21.4 Å². The predicted octanol–water partition coefficient (Wildman–Crippen LogP) is 2.19. The first-order valence-electron chi connectivity index (χ1n) is 5.70. The number of nitrogens with zero attached hydrogens (tertiary/aromatic N) is 2. The third kappa shape index (κ3) is 2.83. The molecular weight excluding hydrogens is 252 g/mol. The van der Waals surface area contributed by atoms with Crippen molar-refractivity contribution in [1.29, 1.82) is 0 Å². The Balaban J connectivity index is 2.08. The molecule has 0 fully saturated rings. The SMILES string of the molecule is Cn1c(Cl)cnc1COc1ccccc1CCO. The molecule has 0 atom stereocenters. The van der Waals surface area contributed by atoms with Crippen LogP contribution in [0.2, 0.25) is 5.15 Å². The van der Waals surface area contributed by atoms with E-state index in [1.165, 1.54) is 0 Å². The molecule has 0 bridgehead atoms. The van der Waals surface area contributed by atoms with E-state index in [9.17, 15) is 0 Å². The molecule has 2 rings (SSSR count). The van der Waals surface area contributed by atoms with Gasteiger partial charge in [0.25, 0.3) is 0 Å². The summed E-state index contributed by atoms with van der Waals surface area (Å²) in [6, 6.07) is 7.66. The molecule has 96 valence electrons. The first kappa shape index (κ1) is 12.9. The zero-order valence-electron chi connectivity index (χ0n) is 10.1. The van der Waals surface area contributed by atoms with Gasteiger partial charge in [0.2, 0.25) is 0 Å². The van der Waals surface area contributed by atoms with E-state index < -0.39 is 0 Å². The molecule has 0 aliphatic heterocycles. The van der Waals surface area contributed by atoms with Gasteiger partial charge >= 0.3 is 0 Å². The Morgan fingerprint density at radius 2 is 2.17 bits per heavy atom. The number of halogens is 1. The van der Waals surface area contributed by atoms with E-state index in [1.54, 1.807) is 10.8 Å². The molecule has 2 aromatic rings. The number of aromatic nitrogens is 2. The predicted molar refractivity (Wildman–Crippen MR) is 69.8 cm³/mol. The molecule has 0 amide bonds. The van der Waals surface area contributed by atoms with Gasteiger partial charge in [0.15, 0.2) is 0 Å². The second kappa shape index (κ2) is 5.89. The normalized spacial score (nSPS) is 10.6. The van der Waals surface area contributed by atoms with Gasteiger partial charge in [-0.2, -0.15) is 0 Å². The summed E-state index contributed by atoms with van der Waals surface area (Å²) in [6.07, 6.45) is 2.18. The molecule has 0 unspecified atom stereocenters. The Morgan fingerprint density at radius 3 is 2.83 bits per heavy atom. The van der Waals surface area contributed by atoms with E-state index in [0.29, 0.717) is 18.2 Å². The fraction of sp³-hybridized carbons (Fsp3) is 0.308. The summed E-state index contributed by atoms with van der Waals surface area (Å²) in [7, 11) is 1.84. The number of ether oxygens (including phenoxy) is 1. The zero-order chi connectivity index (χ0) is 13.0. The van der Waals surface area contributed by atoms with Crippen molar-refractivity contribution in [3.05, 3.63) is 47.0 Å². The number of imidazole rings is 1. The molecule has 0 aliphatic rings. The van der Waals surface area contributed by atoms with E-state index in [1.807, 2.05) is 31.3 Å². The van der Waals surface area contributed by atoms with Crippen molar-refractivity contribution in [3.8, 4) is 5.75 Å².